The van der Waals surface area contributed by atoms with Crippen LogP contribution in [0.1, 0.15) is 18.1 Å². The van der Waals surface area contributed by atoms with E-state index in [1.807, 2.05) is 26.0 Å². The average molecular weight is 382 g/mol. The molecule has 0 fully saturated rings. The Morgan fingerprint density at radius 1 is 1.08 bits per heavy atom. The molecule has 26 heavy (non-hydrogen) atoms. The van der Waals surface area contributed by atoms with Crippen LogP contribution in [-0.2, 0) is 14.8 Å². The number of sulfonamides is 1. The van der Waals surface area contributed by atoms with Gasteiger partial charge in [-0.1, -0.05) is 12.1 Å². The molecule has 1 atom stereocenters. The van der Waals surface area contributed by atoms with Crippen LogP contribution >= 0.6 is 0 Å². The maximum Gasteiger partial charge on any atom is 0.248 e. The van der Waals surface area contributed by atoms with E-state index in [9.17, 15) is 22.0 Å². The van der Waals surface area contributed by atoms with Gasteiger partial charge in [-0.25, -0.2) is 17.2 Å². The van der Waals surface area contributed by atoms with E-state index in [-0.39, 0.29) is 5.69 Å². The maximum absolute atomic E-state index is 13.5. The van der Waals surface area contributed by atoms with Crippen LogP contribution in [0, 0.1) is 25.5 Å². The number of hydrogen-bond donors (Lipinski definition) is 1. The first-order valence-electron chi connectivity index (χ1n) is 7.83. The Morgan fingerprint density at radius 2 is 1.73 bits per heavy atom. The molecule has 8 heteroatoms. The van der Waals surface area contributed by atoms with Gasteiger partial charge in [0.25, 0.3) is 0 Å². The van der Waals surface area contributed by atoms with E-state index >= 15 is 0 Å². The molecular formula is C18H20F2N2O3S. The van der Waals surface area contributed by atoms with Crippen LogP contribution in [0.4, 0.5) is 20.2 Å². The minimum Gasteiger partial charge on any atom is -0.324 e. The van der Waals surface area contributed by atoms with Crippen molar-refractivity contribution in [1.29, 1.82) is 0 Å². The third-order valence-electron chi connectivity index (χ3n) is 3.90. The van der Waals surface area contributed by atoms with Gasteiger partial charge in [-0.2, -0.15) is 0 Å². The second-order valence-electron chi connectivity index (χ2n) is 6.14. The molecule has 1 amide bonds. The van der Waals surface area contributed by atoms with Crippen molar-refractivity contribution in [2.24, 2.45) is 0 Å². The third kappa shape index (κ3) is 4.37. The molecule has 5 nitrogen and oxygen atoms in total. The van der Waals surface area contributed by atoms with Crippen molar-refractivity contribution >= 4 is 27.3 Å². The lowest BCUT2D eigenvalue weighted by Crippen LogP contribution is -2.45. The summed E-state index contributed by atoms with van der Waals surface area (Å²) < 4.78 is 51.8. The van der Waals surface area contributed by atoms with Gasteiger partial charge in [0.05, 0.1) is 11.9 Å². The number of aryl methyl sites for hydroxylation is 2. The lowest BCUT2D eigenvalue weighted by molar-refractivity contribution is -0.116. The van der Waals surface area contributed by atoms with E-state index in [2.05, 4.69) is 5.32 Å². The van der Waals surface area contributed by atoms with Crippen LogP contribution in [0.25, 0.3) is 0 Å². The Balaban J connectivity index is 2.37. The number of benzene rings is 2. The van der Waals surface area contributed by atoms with E-state index < -0.39 is 33.6 Å². The van der Waals surface area contributed by atoms with Gasteiger partial charge in [0.15, 0.2) is 11.6 Å². The first-order valence-corrected chi connectivity index (χ1v) is 9.68. The highest BCUT2D eigenvalue weighted by Crippen LogP contribution is 2.24. The highest BCUT2D eigenvalue weighted by Gasteiger charge is 2.30. The Hall–Kier alpha value is -2.48. The molecule has 2 rings (SSSR count). The SMILES string of the molecule is Cc1ccc(C)c(NC(=O)C(C)N(c2ccc(F)c(F)c2)S(C)(=O)=O)c1. The normalized spacial score (nSPS) is 12.5. The number of nitrogens with one attached hydrogen (secondary N) is 1. The molecule has 0 aliphatic carbocycles. The number of carbonyl (C=O) groups excluding carboxylic acids is 1. The van der Waals surface area contributed by atoms with E-state index in [0.29, 0.717) is 5.69 Å². The van der Waals surface area contributed by atoms with Crippen LogP contribution in [0.2, 0.25) is 0 Å². The Bertz CT molecular complexity index is 945. The number of halogens is 2. The van der Waals surface area contributed by atoms with Crippen molar-refractivity contribution in [3.63, 3.8) is 0 Å². The average Bonchev–Trinajstić information content (AvgIpc) is 2.53. The van der Waals surface area contributed by atoms with Crippen LogP contribution in [-0.4, -0.2) is 26.6 Å². The topological polar surface area (TPSA) is 66.5 Å². The number of rotatable bonds is 5. The van der Waals surface area contributed by atoms with Gasteiger partial charge >= 0.3 is 0 Å². The summed E-state index contributed by atoms with van der Waals surface area (Å²) in [6.45, 7) is 5.05. The van der Waals surface area contributed by atoms with Crippen molar-refractivity contribution in [2.45, 2.75) is 26.8 Å². The minimum atomic E-state index is -3.92. The number of hydrogen-bond acceptors (Lipinski definition) is 3. The predicted molar refractivity (Wildman–Crippen MR) is 97.7 cm³/mol. The summed E-state index contributed by atoms with van der Waals surface area (Å²) in [7, 11) is -3.92. The highest BCUT2D eigenvalue weighted by atomic mass is 32.2. The molecule has 2 aromatic rings. The molecule has 0 saturated heterocycles. The van der Waals surface area contributed by atoms with Crippen molar-refractivity contribution < 1.29 is 22.0 Å². The number of anilines is 2. The fourth-order valence-corrected chi connectivity index (χ4v) is 3.71. The van der Waals surface area contributed by atoms with E-state index in [4.69, 9.17) is 0 Å². The smallest absolute Gasteiger partial charge is 0.248 e. The summed E-state index contributed by atoms with van der Waals surface area (Å²) in [4.78, 5) is 12.6. The molecule has 0 radical (unpaired) electrons. The Morgan fingerprint density at radius 3 is 2.31 bits per heavy atom. The van der Waals surface area contributed by atoms with Crippen molar-refractivity contribution in [3.8, 4) is 0 Å². The quantitative estimate of drug-likeness (QED) is 0.862. The summed E-state index contributed by atoms with van der Waals surface area (Å²) in [6.07, 6.45) is 0.899. The number of amides is 1. The Kier molecular flexibility index (Phi) is 5.65. The first kappa shape index (κ1) is 19.8. The summed E-state index contributed by atoms with van der Waals surface area (Å²) in [5, 5.41) is 2.69. The zero-order valence-corrected chi connectivity index (χ0v) is 15.7. The zero-order valence-electron chi connectivity index (χ0n) is 14.9. The van der Waals surface area contributed by atoms with Crippen LogP contribution in [0.5, 0.6) is 0 Å². The van der Waals surface area contributed by atoms with Crippen LogP contribution in [0.15, 0.2) is 36.4 Å². The van der Waals surface area contributed by atoms with Gasteiger partial charge in [0.1, 0.15) is 6.04 Å². The van der Waals surface area contributed by atoms with Crippen LogP contribution in [0.3, 0.4) is 0 Å². The summed E-state index contributed by atoms with van der Waals surface area (Å²) >= 11 is 0. The van der Waals surface area contributed by atoms with Gasteiger partial charge in [-0.05, 0) is 50.1 Å². The third-order valence-corrected chi connectivity index (χ3v) is 5.14. The van der Waals surface area contributed by atoms with Gasteiger partial charge < -0.3 is 5.32 Å². The molecule has 1 N–H and O–H groups in total. The molecule has 0 aliphatic heterocycles. The van der Waals surface area contributed by atoms with Gasteiger partial charge in [0, 0.05) is 11.8 Å². The Labute approximate surface area is 151 Å². The van der Waals surface area contributed by atoms with Gasteiger partial charge in [-0.15, -0.1) is 0 Å². The zero-order chi connectivity index (χ0) is 19.6. The molecule has 0 bridgehead atoms. The number of nitrogens with zero attached hydrogens (tertiary/aromatic N) is 1. The molecule has 0 aromatic heterocycles. The summed E-state index contributed by atoms with van der Waals surface area (Å²) in [6, 6.07) is 6.99. The molecular weight excluding hydrogens is 362 g/mol. The van der Waals surface area contributed by atoms with Gasteiger partial charge in [0.2, 0.25) is 15.9 Å². The molecule has 1 unspecified atom stereocenters. The molecule has 0 aliphatic rings. The maximum atomic E-state index is 13.5. The minimum absolute atomic E-state index is 0.130. The van der Waals surface area contributed by atoms with Crippen molar-refractivity contribution in [3.05, 3.63) is 59.2 Å². The molecule has 140 valence electrons. The van der Waals surface area contributed by atoms with E-state index in [1.54, 1.807) is 6.07 Å². The molecule has 0 saturated carbocycles. The van der Waals surface area contributed by atoms with Crippen LogP contribution < -0.4 is 9.62 Å². The lowest BCUT2D eigenvalue weighted by atomic mass is 10.1. The van der Waals surface area contributed by atoms with Crippen molar-refractivity contribution in [1.82, 2.24) is 0 Å². The fraction of sp³-hybridized carbons (Fsp3) is 0.278. The molecule has 0 heterocycles. The van der Waals surface area contributed by atoms with E-state index in [1.165, 1.54) is 6.92 Å². The first-order chi connectivity index (χ1) is 12.0. The monoisotopic (exact) mass is 382 g/mol. The second-order valence-corrected chi connectivity index (χ2v) is 8.00. The highest BCUT2D eigenvalue weighted by molar-refractivity contribution is 7.92. The van der Waals surface area contributed by atoms with E-state index in [0.717, 1.165) is 39.9 Å². The second kappa shape index (κ2) is 7.41. The fourth-order valence-electron chi connectivity index (χ4n) is 2.54. The van der Waals surface area contributed by atoms with Crippen molar-refractivity contribution in [2.75, 3.05) is 15.9 Å². The standard InChI is InChI=1S/C18H20F2N2O3S/c1-11-5-6-12(2)17(9-11)21-18(23)13(3)22(26(4,24)25)14-7-8-15(19)16(20)10-14/h5-10,13H,1-4H3,(H,21,23). The predicted octanol–water partition coefficient (Wildman–Crippen LogP) is 3.37. The summed E-state index contributed by atoms with van der Waals surface area (Å²) in [5.74, 6) is -2.89. The summed E-state index contributed by atoms with van der Waals surface area (Å²) in [5.41, 5.74) is 2.17. The number of carbonyl (C=O) groups is 1. The largest absolute Gasteiger partial charge is 0.324 e. The lowest BCUT2D eigenvalue weighted by Gasteiger charge is -2.28. The van der Waals surface area contributed by atoms with Gasteiger partial charge in [-0.3, -0.25) is 9.10 Å². The molecule has 0 spiro atoms. The molecule has 2 aromatic carbocycles.